The lowest BCUT2D eigenvalue weighted by Gasteiger charge is -2.17. The van der Waals surface area contributed by atoms with E-state index < -0.39 is 17.9 Å². The van der Waals surface area contributed by atoms with Gasteiger partial charge in [0.1, 0.15) is 6.04 Å². The number of esters is 2. The van der Waals surface area contributed by atoms with Crippen molar-refractivity contribution in [3.63, 3.8) is 0 Å². The molecule has 0 aromatic heterocycles. The van der Waals surface area contributed by atoms with Gasteiger partial charge in [-0.05, 0) is 18.4 Å². The van der Waals surface area contributed by atoms with Crippen LogP contribution < -0.4 is 5.73 Å². The van der Waals surface area contributed by atoms with Crippen LogP contribution in [0.4, 0.5) is 0 Å². The average molecular weight is 265 g/mol. The molecule has 2 atom stereocenters. The molecule has 104 valence electrons. The molecule has 0 aliphatic heterocycles. The molecule has 0 fully saturated rings. The number of methoxy groups -OCH3 is 2. The maximum Gasteiger partial charge on any atom is 0.322 e. The highest BCUT2D eigenvalue weighted by Crippen LogP contribution is 2.16. The van der Waals surface area contributed by atoms with E-state index in [9.17, 15) is 9.59 Å². The molecule has 19 heavy (non-hydrogen) atoms. The number of hydrogen-bond donors (Lipinski definition) is 1. The Bertz CT molecular complexity index is 419. The zero-order valence-corrected chi connectivity index (χ0v) is 11.2. The molecule has 0 radical (unpaired) electrons. The highest BCUT2D eigenvalue weighted by Gasteiger charge is 2.26. The van der Waals surface area contributed by atoms with Crippen molar-refractivity contribution in [1.29, 1.82) is 0 Å². The van der Waals surface area contributed by atoms with E-state index in [0.29, 0.717) is 6.42 Å². The maximum absolute atomic E-state index is 11.7. The van der Waals surface area contributed by atoms with E-state index >= 15 is 0 Å². The molecule has 0 saturated carbocycles. The van der Waals surface area contributed by atoms with Gasteiger partial charge in [0.05, 0.1) is 20.1 Å². The first-order chi connectivity index (χ1) is 9.08. The van der Waals surface area contributed by atoms with Gasteiger partial charge in [0.2, 0.25) is 0 Å². The Balaban J connectivity index is 2.73. The van der Waals surface area contributed by atoms with Gasteiger partial charge in [0.15, 0.2) is 0 Å². The lowest BCUT2D eigenvalue weighted by atomic mass is 9.93. The molecule has 1 aromatic carbocycles. The Kier molecular flexibility index (Phi) is 6.02. The third kappa shape index (κ3) is 4.71. The van der Waals surface area contributed by atoms with Crippen LogP contribution in [-0.4, -0.2) is 32.2 Å². The second-order valence-electron chi connectivity index (χ2n) is 4.28. The zero-order chi connectivity index (χ0) is 14.3. The number of benzene rings is 1. The third-order valence-corrected chi connectivity index (χ3v) is 2.90. The average Bonchev–Trinajstić information content (AvgIpc) is 2.45. The van der Waals surface area contributed by atoms with Crippen LogP contribution in [0.25, 0.3) is 0 Å². The van der Waals surface area contributed by atoms with E-state index in [0.717, 1.165) is 5.56 Å². The number of carbonyl (C=O) groups is 2. The highest BCUT2D eigenvalue weighted by molar-refractivity contribution is 5.78. The number of hydrogen-bond acceptors (Lipinski definition) is 5. The number of rotatable bonds is 6. The smallest absolute Gasteiger partial charge is 0.322 e. The van der Waals surface area contributed by atoms with Gasteiger partial charge in [0.25, 0.3) is 0 Å². The first-order valence-electron chi connectivity index (χ1n) is 6.03. The molecule has 2 N–H and O–H groups in total. The molecule has 0 aliphatic carbocycles. The van der Waals surface area contributed by atoms with E-state index in [2.05, 4.69) is 4.74 Å². The molecule has 0 heterocycles. The highest BCUT2D eigenvalue weighted by atomic mass is 16.5. The molecule has 1 aromatic rings. The SMILES string of the molecule is COC(=O)C(Cc1ccccc1)C[C@H](N)C(=O)OC. The van der Waals surface area contributed by atoms with Crippen molar-refractivity contribution in [2.45, 2.75) is 18.9 Å². The summed E-state index contributed by atoms with van der Waals surface area (Å²) in [5.41, 5.74) is 6.69. The first kappa shape index (κ1) is 15.2. The monoisotopic (exact) mass is 265 g/mol. The van der Waals surface area contributed by atoms with Crippen LogP contribution in [0, 0.1) is 5.92 Å². The van der Waals surface area contributed by atoms with Crippen molar-refractivity contribution in [3.8, 4) is 0 Å². The molecule has 0 amide bonds. The topological polar surface area (TPSA) is 78.6 Å². The molecule has 0 saturated heterocycles. The summed E-state index contributed by atoms with van der Waals surface area (Å²) in [7, 11) is 2.59. The van der Waals surface area contributed by atoms with Gasteiger partial charge in [-0.1, -0.05) is 30.3 Å². The van der Waals surface area contributed by atoms with Crippen molar-refractivity contribution in [1.82, 2.24) is 0 Å². The van der Waals surface area contributed by atoms with Crippen molar-refractivity contribution in [3.05, 3.63) is 35.9 Å². The van der Waals surface area contributed by atoms with Crippen LogP contribution in [0.2, 0.25) is 0 Å². The van der Waals surface area contributed by atoms with E-state index in [4.69, 9.17) is 10.5 Å². The summed E-state index contributed by atoms with van der Waals surface area (Å²) in [6.07, 6.45) is 0.687. The lowest BCUT2D eigenvalue weighted by Crippen LogP contribution is -2.36. The van der Waals surface area contributed by atoms with Crippen LogP contribution in [-0.2, 0) is 25.5 Å². The van der Waals surface area contributed by atoms with E-state index in [1.165, 1.54) is 14.2 Å². The fourth-order valence-electron chi connectivity index (χ4n) is 1.88. The number of ether oxygens (including phenoxy) is 2. The van der Waals surface area contributed by atoms with E-state index in [1.54, 1.807) is 0 Å². The van der Waals surface area contributed by atoms with Crippen LogP contribution >= 0.6 is 0 Å². The van der Waals surface area contributed by atoms with Gasteiger partial charge < -0.3 is 15.2 Å². The summed E-state index contributed by atoms with van der Waals surface area (Å²) in [5, 5.41) is 0. The fourth-order valence-corrected chi connectivity index (χ4v) is 1.88. The van der Waals surface area contributed by atoms with Crippen LogP contribution in [0.1, 0.15) is 12.0 Å². The van der Waals surface area contributed by atoms with Crippen LogP contribution in [0.5, 0.6) is 0 Å². The molecule has 1 rings (SSSR count). The second-order valence-corrected chi connectivity index (χ2v) is 4.28. The Hall–Kier alpha value is -1.88. The number of nitrogens with two attached hydrogens (primary N) is 1. The summed E-state index contributed by atoms with van der Waals surface area (Å²) >= 11 is 0. The van der Waals surface area contributed by atoms with Gasteiger partial charge in [-0.2, -0.15) is 0 Å². The summed E-state index contributed by atoms with van der Waals surface area (Å²) < 4.78 is 9.31. The summed E-state index contributed by atoms with van der Waals surface area (Å²) in [4.78, 5) is 23.0. The van der Waals surface area contributed by atoms with Crippen molar-refractivity contribution in [2.24, 2.45) is 11.7 Å². The van der Waals surface area contributed by atoms with Crippen LogP contribution in [0.3, 0.4) is 0 Å². The minimum atomic E-state index is -0.821. The largest absolute Gasteiger partial charge is 0.469 e. The van der Waals surface area contributed by atoms with Gasteiger partial charge >= 0.3 is 11.9 Å². The maximum atomic E-state index is 11.7. The first-order valence-corrected chi connectivity index (χ1v) is 6.03. The van der Waals surface area contributed by atoms with Gasteiger partial charge in [-0.3, -0.25) is 9.59 Å². The van der Waals surface area contributed by atoms with Crippen molar-refractivity contribution < 1.29 is 19.1 Å². The van der Waals surface area contributed by atoms with Crippen LogP contribution in [0.15, 0.2) is 30.3 Å². The standard InChI is InChI=1S/C14H19NO4/c1-18-13(16)11(9-12(15)14(17)19-2)8-10-6-4-3-5-7-10/h3-7,11-12H,8-9,15H2,1-2H3/t11?,12-/m0/s1. The Morgan fingerprint density at radius 2 is 1.68 bits per heavy atom. The lowest BCUT2D eigenvalue weighted by molar-refractivity contribution is -0.147. The predicted molar refractivity (Wildman–Crippen MR) is 70.3 cm³/mol. The molecule has 5 nitrogen and oxygen atoms in total. The third-order valence-electron chi connectivity index (χ3n) is 2.90. The molecule has 0 aliphatic rings. The minimum absolute atomic E-state index is 0.203. The molecule has 1 unspecified atom stereocenters. The summed E-state index contributed by atoms with van der Waals surface area (Å²) in [5.74, 6) is -1.35. The van der Waals surface area contributed by atoms with Gasteiger partial charge in [-0.25, -0.2) is 0 Å². The molecular weight excluding hydrogens is 246 g/mol. The fraction of sp³-hybridized carbons (Fsp3) is 0.429. The molecular formula is C14H19NO4. The van der Waals surface area contributed by atoms with E-state index in [-0.39, 0.29) is 12.4 Å². The second kappa shape index (κ2) is 7.53. The summed E-state index contributed by atoms with van der Waals surface area (Å²) in [6, 6.07) is 8.70. The number of carbonyl (C=O) groups excluding carboxylic acids is 2. The predicted octanol–water partition coefficient (Wildman–Crippen LogP) is 0.909. The Labute approximate surface area is 112 Å². The quantitative estimate of drug-likeness (QED) is 0.773. The zero-order valence-electron chi connectivity index (χ0n) is 11.2. The molecule has 5 heteroatoms. The molecule has 0 bridgehead atoms. The minimum Gasteiger partial charge on any atom is -0.469 e. The summed E-state index contributed by atoms with van der Waals surface area (Å²) in [6.45, 7) is 0. The van der Waals surface area contributed by atoms with Gasteiger partial charge in [-0.15, -0.1) is 0 Å². The van der Waals surface area contributed by atoms with Gasteiger partial charge in [0, 0.05) is 0 Å². The normalized spacial score (nSPS) is 13.4. The Morgan fingerprint density at radius 3 is 2.21 bits per heavy atom. The Morgan fingerprint density at radius 1 is 1.11 bits per heavy atom. The van der Waals surface area contributed by atoms with Crippen molar-refractivity contribution in [2.75, 3.05) is 14.2 Å². The van der Waals surface area contributed by atoms with Crippen molar-refractivity contribution >= 4 is 11.9 Å². The molecule has 0 spiro atoms. The van der Waals surface area contributed by atoms with E-state index in [1.807, 2.05) is 30.3 Å².